The Morgan fingerprint density at radius 2 is 1.89 bits per heavy atom. The van der Waals surface area contributed by atoms with Crippen molar-refractivity contribution in [2.75, 3.05) is 11.9 Å². The number of carbonyl (C=O) groups excluding carboxylic acids is 4. The average Bonchev–Trinajstić information content (AvgIpc) is 2.83. The van der Waals surface area contributed by atoms with E-state index in [4.69, 9.17) is 5.73 Å². The van der Waals surface area contributed by atoms with Crippen LogP contribution in [0.1, 0.15) is 53.3 Å². The normalized spacial score (nSPS) is 30.1. The smallest absolute Gasteiger partial charge is 0.262 e. The van der Waals surface area contributed by atoms with Crippen molar-refractivity contribution >= 4 is 29.3 Å². The van der Waals surface area contributed by atoms with Crippen molar-refractivity contribution in [1.29, 1.82) is 0 Å². The SMILES string of the molecule is CC1(CNc2ccc3c(c2)C(=O)N(C2CCC(=O)NC2=O)C3=O)CC(N)C1. The van der Waals surface area contributed by atoms with Crippen LogP contribution in [0.15, 0.2) is 18.2 Å². The summed E-state index contributed by atoms with van der Waals surface area (Å²) in [5, 5.41) is 5.51. The van der Waals surface area contributed by atoms with Crippen molar-refractivity contribution in [3.8, 4) is 0 Å². The predicted octanol–water partition coefficient (Wildman–Crippen LogP) is 0.627. The average molecular weight is 370 g/mol. The molecule has 1 saturated carbocycles. The Kier molecular flexibility index (Phi) is 4.03. The third-order valence-corrected chi connectivity index (χ3v) is 5.67. The van der Waals surface area contributed by atoms with Gasteiger partial charge in [-0.3, -0.25) is 29.4 Å². The van der Waals surface area contributed by atoms with Crippen LogP contribution in [-0.2, 0) is 9.59 Å². The zero-order chi connectivity index (χ0) is 19.3. The Labute approximate surface area is 156 Å². The van der Waals surface area contributed by atoms with Crippen LogP contribution in [0.5, 0.6) is 0 Å². The lowest BCUT2D eigenvalue weighted by Gasteiger charge is -2.43. The van der Waals surface area contributed by atoms with Gasteiger partial charge in [-0.05, 0) is 42.9 Å². The first-order chi connectivity index (χ1) is 12.8. The summed E-state index contributed by atoms with van der Waals surface area (Å²) < 4.78 is 0. The van der Waals surface area contributed by atoms with Crippen LogP contribution in [0, 0.1) is 5.41 Å². The number of nitrogens with zero attached hydrogens (tertiary/aromatic N) is 1. The van der Waals surface area contributed by atoms with Crippen LogP contribution in [0.2, 0.25) is 0 Å². The fraction of sp³-hybridized carbons (Fsp3) is 0.474. The molecular formula is C19H22N4O4. The first-order valence-corrected chi connectivity index (χ1v) is 9.12. The summed E-state index contributed by atoms with van der Waals surface area (Å²) in [7, 11) is 0. The Balaban J connectivity index is 1.51. The number of amides is 4. The van der Waals surface area contributed by atoms with Crippen LogP contribution in [0.3, 0.4) is 0 Å². The molecule has 1 unspecified atom stereocenters. The number of carbonyl (C=O) groups is 4. The quantitative estimate of drug-likeness (QED) is 0.668. The van der Waals surface area contributed by atoms with Gasteiger partial charge in [-0.25, -0.2) is 0 Å². The minimum atomic E-state index is -0.943. The van der Waals surface area contributed by atoms with Crippen LogP contribution in [0.25, 0.3) is 0 Å². The number of anilines is 1. The molecule has 0 radical (unpaired) electrons. The molecule has 142 valence electrons. The van der Waals surface area contributed by atoms with E-state index >= 15 is 0 Å². The summed E-state index contributed by atoms with van der Waals surface area (Å²) in [4.78, 5) is 49.8. The molecule has 8 nitrogen and oxygen atoms in total. The fourth-order valence-electron chi connectivity index (χ4n) is 4.25. The van der Waals surface area contributed by atoms with Gasteiger partial charge in [0.15, 0.2) is 0 Å². The molecule has 4 N–H and O–H groups in total. The van der Waals surface area contributed by atoms with Gasteiger partial charge in [0, 0.05) is 24.7 Å². The van der Waals surface area contributed by atoms with Crippen molar-refractivity contribution in [2.45, 2.75) is 44.7 Å². The predicted molar refractivity (Wildman–Crippen MR) is 96.9 cm³/mol. The number of nitrogens with one attached hydrogen (secondary N) is 2. The van der Waals surface area contributed by atoms with Crippen LogP contribution in [-0.4, -0.2) is 47.2 Å². The topological polar surface area (TPSA) is 122 Å². The highest BCUT2D eigenvalue weighted by atomic mass is 16.2. The molecule has 8 heteroatoms. The van der Waals surface area contributed by atoms with Gasteiger partial charge in [0.05, 0.1) is 11.1 Å². The highest BCUT2D eigenvalue weighted by Gasteiger charge is 2.44. The van der Waals surface area contributed by atoms with Gasteiger partial charge < -0.3 is 11.1 Å². The molecule has 2 aliphatic heterocycles. The molecule has 4 amide bonds. The highest BCUT2D eigenvalue weighted by Crippen LogP contribution is 2.39. The maximum Gasteiger partial charge on any atom is 0.262 e. The van der Waals surface area contributed by atoms with Gasteiger partial charge in [0.25, 0.3) is 11.8 Å². The monoisotopic (exact) mass is 370 g/mol. The van der Waals surface area contributed by atoms with E-state index < -0.39 is 23.8 Å². The number of rotatable bonds is 4. The molecule has 0 spiro atoms. The first-order valence-electron chi connectivity index (χ1n) is 9.12. The molecule has 1 saturated heterocycles. The highest BCUT2D eigenvalue weighted by molar-refractivity contribution is 6.23. The Hall–Kier alpha value is -2.74. The van der Waals surface area contributed by atoms with Gasteiger partial charge in [-0.1, -0.05) is 6.92 Å². The number of imide groups is 2. The molecule has 0 bridgehead atoms. The van der Waals surface area contributed by atoms with Crippen LogP contribution in [0.4, 0.5) is 5.69 Å². The molecule has 1 aromatic rings. The second kappa shape index (κ2) is 6.16. The number of nitrogens with two attached hydrogens (primary N) is 1. The summed E-state index contributed by atoms with van der Waals surface area (Å²) in [5.74, 6) is -1.98. The molecule has 1 aromatic carbocycles. The van der Waals surface area contributed by atoms with E-state index in [0.29, 0.717) is 0 Å². The maximum absolute atomic E-state index is 12.8. The van der Waals surface area contributed by atoms with Crippen LogP contribution >= 0.6 is 0 Å². The minimum absolute atomic E-state index is 0.108. The summed E-state index contributed by atoms with van der Waals surface area (Å²) in [6, 6.07) is 4.34. The third-order valence-electron chi connectivity index (χ3n) is 5.67. The summed E-state index contributed by atoms with van der Waals surface area (Å²) in [6.45, 7) is 2.90. The Morgan fingerprint density at radius 3 is 2.56 bits per heavy atom. The molecule has 1 aliphatic carbocycles. The minimum Gasteiger partial charge on any atom is -0.384 e. The second-order valence-corrected chi connectivity index (χ2v) is 8.04. The molecule has 3 aliphatic rings. The number of benzene rings is 1. The Bertz CT molecular complexity index is 859. The second-order valence-electron chi connectivity index (χ2n) is 8.04. The van der Waals surface area contributed by atoms with E-state index in [1.165, 1.54) is 0 Å². The van der Waals surface area contributed by atoms with Crippen molar-refractivity contribution < 1.29 is 19.2 Å². The van der Waals surface area contributed by atoms with Crippen molar-refractivity contribution in [1.82, 2.24) is 10.2 Å². The van der Waals surface area contributed by atoms with E-state index in [1.807, 2.05) is 0 Å². The van der Waals surface area contributed by atoms with E-state index in [9.17, 15) is 19.2 Å². The van der Waals surface area contributed by atoms with Gasteiger partial charge in [-0.2, -0.15) is 0 Å². The number of hydrogen-bond donors (Lipinski definition) is 3. The van der Waals surface area contributed by atoms with E-state index in [0.717, 1.165) is 30.0 Å². The lowest BCUT2D eigenvalue weighted by Crippen LogP contribution is -2.54. The van der Waals surface area contributed by atoms with E-state index in [-0.39, 0.29) is 41.3 Å². The molecule has 0 aromatic heterocycles. The molecule has 2 fully saturated rings. The molecule has 2 heterocycles. The maximum atomic E-state index is 12.8. The van der Waals surface area contributed by atoms with Crippen molar-refractivity contribution in [2.24, 2.45) is 11.1 Å². The number of fused-ring (bicyclic) bond motifs is 1. The van der Waals surface area contributed by atoms with E-state index in [1.54, 1.807) is 18.2 Å². The molecule has 27 heavy (non-hydrogen) atoms. The van der Waals surface area contributed by atoms with Crippen LogP contribution < -0.4 is 16.4 Å². The summed E-state index contributed by atoms with van der Waals surface area (Å²) in [6.07, 6.45) is 2.16. The molecule has 1 atom stereocenters. The zero-order valence-corrected chi connectivity index (χ0v) is 15.1. The fourth-order valence-corrected chi connectivity index (χ4v) is 4.25. The van der Waals surface area contributed by atoms with Gasteiger partial charge in [0.1, 0.15) is 6.04 Å². The van der Waals surface area contributed by atoms with Gasteiger partial charge in [0.2, 0.25) is 11.8 Å². The van der Waals surface area contributed by atoms with Crippen molar-refractivity contribution in [3.63, 3.8) is 0 Å². The lowest BCUT2D eigenvalue weighted by atomic mass is 9.67. The standard InChI is InChI=1S/C19H22N4O4/c1-19(7-10(20)8-19)9-21-11-2-3-12-13(6-11)18(27)23(17(12)26)14-4-5-15(24)22-16(14)25/h2-3,6,10,14,21H,4-5,7-9,20H2,1H3,(H,22,24,25). The number of piperidine rings is 1. The van der Waals surface area contributed by atoms with Crippen molar-refractivity contribution in [3.05, 3.63) is 29.3 Å². The largest absolute Gasteiger partial charge is 0.384 e. The summed E-state index contributed by atoms with van der Waals surface area (Å²) >= 11 is 0. The van der Waals surface area contributed by atoms with Gasteiger partial charge >= 0.3 is 0 Å². The van der Waals surface area contributed by atoms with E-state index in [2.05, 4.69) is 17.6 Å². The Morgan fingerprint density at radius 1 is 1.19 bits per heavy atom. The zero-order valence-electron chi connectivity index (χ0n) is 15.1. The molecular weight excluding hydrogens is 348 g/mol. The van der Waals surface area contributed by atoms with Gasteiger partial charge in [-0.15, -0.1) is 0 Å². The summed E-state index contributed by atoms with van der Waals surface area (Å²) in [5.41, 5.74) is 7.32. The lowest BCUT2D eigenvalue weighted by molar-refractivity contribution is -0.136. The third kappa shape index (κ3) is 2.99. The number of hydrogen-bond acceptors (Lipinski definition) is 6. The molecule has 4 rings (SSSR count). The first kappa shape index (κ1) is 17.7.